The van der Waals surface area contributed by atoms with Crippen molar-refractivity contribution >= 4 is 0 Å². The maximum Gasteiger partial charge on any atom is 0.152 e. The zero-order valence-corrected chi connectivity index (χ0v) is 9.72. The van der Waals surface area contributed by atoms with E-state index in [0.717, 1.165) is 5.56 Å². The smallest absolute Gasteiger partial charge is 0.152 e. The quantitative estimate of drug-likeness (QED) is 0.503. The van der Waals surface area contributed by atoms with Gasteiger partial charge in [0, 0.05) is 7.11 Å². The number of rotatable bonds is 8. The van der Waals surface area contributed by atoms with E-state index in [9.17, 15) is 0 Å². The maximum atomic E-state index is 5.47. The molecule has 4 nitrogen and oxygen atoms in total. The number of ether oxygens (including phenoxy) is 4. The Balaban J connectivity index is 2.09. The first-order chi connectivity index (χ1) is 7.84. The lowest BCUT2D eigenvalue weighted by atomic mass is 10.1. The summed E-state index contributed by atoms with van der Waals surface area (Å²) in [4.78, 5) is 0. The second-order valence-corrected chi connectivity index (χ2v) is 3.27. The van der Waals surface area contributed by atoms with Crippen LogP contribution in [-0.2, 0) is 18.9 Å². The fourth-order valence-electron chi connectivity index (χ4n) is 1.18. The molecule has 0 N–H and O–H groups in total. The molecule has 16 heavy (non-hydrogen) atoms. The van der Waals surface area contributed by atoms with Gasteiger partial charge in [0.15, 0.2) is 6.79 Å². The van der Waals surface area contributed by atoms with Crippen LogP contribution in [-0.4, -0.2) is 27.5 Å². The topological polar surface area (TPSA) is 36.9 Å². The van der Waals surface area contributed by atoms with E-state index >= 15 is 0 Å². The highest BCUT2D eigenvalue weighted by molar-refractivity contribution is 5.16. The van der Waals surface area contributed by atoms with Crippen LogP contribution >= 0.6 is 0 Å². The molecule has 1 rings (SSSR count). The van der Waals surface area contributed by atoms with Gasteiger partial charge in [0.25, 0.3) is 0 Å². The van der Waals surface area contributed by atoms with E-state index in [1.54, 1.807) is 7.11 Å². The molecule has 0 radical (unpaired) electrons. The summed E-state index contributed by atoms with van der Waals surface area (Å²) in [7, 11) is 1.56. The summed E-state index contributed by atoms with van der Waals surface area (Å²) in [6.07, 6.45) is 0.0172. The second-order valence-electron chi connectivity index (χ2n) is 3.27. The van der Waals surface area contributed by atoms with Gasteiger partial charge in [-0.2, -0.15) is 0 Å². The molecule has 0 heterocycles. The summed E-state index contributed by atoms with van der Waals surface area (Å²) >= 11 is 0. The molecule has 0 aliphatic carbocycles. The third-order valence-corrected chi connectivity index (χ3v) is 2.04. The van der Waals surface area contributed by atoms with Crippen LogP contribution in [0.2, 0.25) is 0 Å². The lowest BCUT2D eigenvalue weighted by Crippen LogP contribution is -2.08. The summed E-state index contributed by atoms with van der Waals surface area (Å²) < 4.78 is 20.2. The van der Waals surface area contributed by atoms with Crippen molar-refractivity contribution in [1.82, 2.24) is 0 Å². The van der Waals surface area contributed by atoms with Crippen LogP contribution in [0.1, 0.15) is 18.6 Å². The third kappa shape index (κ3) is 5.23. The first kappa shape index (κ1) is 13.1. The lowest BCUT2D eigenvalue weighted by molar-refractivity contribution is -0.174. The van der Waals surface area contributed by atoms with Crippen LogP contribution in [0, 0.1) is 0 Å². The third-order valence-electron chi connectivity index (χ3n) is 2.04. The highest BCUT2D eigenvalue weighted by atomic mass is 16.8. The van der Waals surface area contributed by atoms with Crippen molar-refractivity contribution in [2.45, 2.75) is 13.0 Å². The van der Waals surface area contributed by atoms with E-state index in [-0.39, 0.29) is 26.5 Å². The number of benzene rings is 1. The summed E-state index contributed by atoms with van der Waals surface area (Å²) in [6, 6.07) is 9.99. The van der Waals surface area contributed by atoms with Gasteiger partial charge in [0.05, 0.1) is 6.10 Å². The molecule has 0 amide bonds. The summed E-state index contributed by atoms with van der Waals surface area (Å²) in [6.45, 7) is 2.60. The molecule has 0 aliphatic rings. The minimum absolute atomic E-state index is 0.0172. The van der Waals surface area contributed by atoms with E-state index in [1.165, 1.54) is 0 Å². The Morgan fingerprint density at radius 1 is 1.00 bits per heavy atom. The number of methoxy groups -OCH3 is 1. The summed E-state index contributed by atoms with van der Waals surface area (Å²) in [5.41, 5.74) is 1.13. The van der Waals surface area contributed by atoms with Crippen LogP contribution in [0.15, 0.2) is 30.3 Å². The van der Waals surface area contributed by atoms with Crippen molar-refractivity contribution in [3.05, 3.63) is 35.9 Å². The van der Waals surface area contributed by atoms with Crippen molar-refractivity contribution in [2.24, 2.45) is 0 Å². The lowest BCUT2D eigenvalue weighted by Gasteiger charge is -2.13. The van der Waals surface area contributed by atoms with Gasteiger partial charge in [-0.3, -0.25) is 0 Å². The Bertz CT molecular complexity index is 263. The molecule has 90 valence electrons. The van der Waals surface area contributed by atoms with E-state index < -0.39 is 0 Å². The molecule has 0 aromatic heterocycles. The first-order valence-electron chi connectivity index (χ1n) is 5.15. The van der Waals surface area contributed by atoms with E-state index in [4.69, 9.17) is 18.9 Å². The van der Waals surface area contributed by atoms with Crippen molar-refractivity contribution in [3.8, 4) is 0 Å². The largest absolute Gasteiger partial charge is 0.359 e. The average molecular weight is 226 g/mol. The van der Waals surface area contributed by atoms with E-state index in [1.807, 2.05) is 37.3 Å². The predicted octanol–water partition coefficient (Wildman–Crippen LogP) is 2.32. The molecule has 1 aromatic rings. The van der Waals surface area contributed by atoms with E-state index in [0.29, 0.717) is 0 Å². The van der Waals surface area contributed by atoms with Crippen LogP contribution in [0.25, 0.3) is 0 Å². The summed E-state index contributed by atoms with van der Waals surface area (Å²) in [5, 5.41) is 0. The Labute approximate surface area is 96.1 Å². The molecule has 0 fully saturated rings. The monoisotopic (exact) mass is 226 g/mol. The number of hydrogen-bond donors (Lipinski definition) is 0. The van der Waals surface area contributed by atoms with Gasteiger partial charge < -0.3 is 18.9 Å². The van der Waals surface area contributed by atoms with E-state index in [2.05, 4.69) is 0 Å². The highest BCUT2D eigenvalue weighted by Crippen LogP contribution is 2.15. The molecule has 0 spiro atoms. The fraction of sp³-hybridized carbons (Fsp3) is 0.500. The van der Waals surface area contributed by atoms with Crippen LogP contribution in [0.4, 0.5) is 0 Å². The maximum absolute atomic E-state index is 5.47. The summed E-state index contributed by atoms with van der Waals surface area (Å²) in [5.74, 6) is 0. The van der Waals surface area contributed by atoms with Crippen molar-refractivity contribution in [3.63, 3.8) is 0 Å². The van der Waals surface area contributed by atoms with Crippen LogP contribution in [0.5, 0.6) is 0 Å². The molecule has 0 aliphatic heterocycles. The molecule has 0 bridgehead atoms. The Morgan fingerprint density at radius 2 is 1.69 bits per heavy atom. The second kappa shape index (κ2) is 8.24. The van der Waals surface area contributed by atoms with Gasteiger partial charge in [-0.05, 0) is 12.5 Å². The van der Waals surface area contributed by atoms with Gasteiger partial charge in [-0.15, -0.1) is 0 Å². The minimum Gasteiger partial charge on any atom is -0.359 e. The van der Waals surface area contributed by atoms with Crippen molar-refractivity contribution in [2.75, 3.05) is 27.5 Å². The zero-order chi connectivity index (χ0) is 11.6. The molecule has 1 atom stereocenters. The van der Waals surface area contributed by atoms with Crippen LogP contribution in [0.3, 0.4) is 0 Å². The van der Waals surface area contributed by atoms with Gasteiger partial charge in [-0.25, -0.2) is 0 Å². The Hall–Kier alpha value is -0.940. The Morgan fingerprint density at radius 3 is 2.38 bits per heavy atom. The fourth-order valence-corrected chi connectivity index (χ4v) is 1.18. The SMILES string of the molecule is COCOCOCO[C@H](C)c1ccccc1. The normalized spacial score (nSPS) is 12.6. The predicted molar refractivity (Wildman–Crippen MR) is 59.7 cm³/mol. The molecular formula is C12H18O4. The van der Waals surface area contributed by atoms with Gasteiger partial charge >= 0.3 is 0 Å². The number of hydrogen-bond acceptors (Lipinski definition) is 4. The van der Waals surface area contributed by atoms with Gasteiger partial charge in [-0.1, -0.05) is 30.3 Å². The van der Waals surface area contributed by atoms with Crippen molar-refractivity contribution in [1.29, 1.82) is 0 Å². The van der Waals surface area contributed by atoms with Crippen molar-refractivity contribution < 1.29 is 18.9 Å². The molecule has 4 heteroatoms. The molecular weight excluding hydrogens is 208 g/mol. The molecule has 0 unspecified atom stereocenters. The minimum atomic E-state index is 0.0172. The molecule has 0 saturated carbocycles. The molecule has 0 saturated heterocycles. The van der Waals surface area contributed by atoms with Gasteiger partial charge in [0.2, 0.25) is 0 Å². The Kier molecular flexibility index (Phi) is 6.76. The standard InChI is InChI=1S/C12H18O4/c1-11(12-6-4-3-5-7-12)16-10-15-9-14-8-13-2/h3-7,11H,8-10H2,1-2H3/t11-/m1/s1. The molecule has 1 aromatic carbocycles. The average Bonchev–Trinajstić information content (AvgIpc) is 2.34. The highest BCUT2D eigenvalue weighted by Gasteiger charge is 2.03. The van der Waals surface area contributed by atoms with Gasteiger partial charge in [0.1, 0.15) is 13.6 Å². The first-order valence-corrected chi connectivity index (χ1v) is 5.15. The van der Waals surface area contributed by atoms with Crippen LogP contribution < -0.4 is 0 Å². The zero-order valence-electron chi connectivity index (χ0n) is 9.72.